The Labute approximate surface area is 115 Å². The number of methoxy groups -OCH3 is 1. The van der Waals surface area contributed by atoms with Crippen molar-refractivity contribution >= 4 is 34.4 Å². The van der Waals surface area contributed by atoms with Gasteiger partial charge in [0.05, 0.1) is 17.1 Å². The number of aromatic nitrogens is 1. The summed E-state index contributed by atoms with van der Waals surface area (Å²) in [6.07, 6.45) is 0.885. The molecule has 0 atom stereocenters. The molecule has 0 radical (unpaired) electrons. The first-order chi connectivity index (χ1) is 8.69. The summed E-state index contributed by atoms with van der Waals surface area (Å²) in [5.74, 6) is 1.20. The minimum Gasteiger partial charge on any atom is -0.481 e. The molecule has 2 heterocycles. The molecule has 0 bridgehead atoms. The Hall–Kier alpha value is -1.46. The molecule has 0 aliphatic heterocycles. The van der Waals surface area contributed by atoms with Crippen LogP contribution in [0.5, 0.6) is 5.88 Å². The van der Waals surface area contributed by atoms with Crippen LogP contribution >= 0.6 is 22.9 Å². The van der Waals surface area contributed by atoms with Gasteiger partial charge in [0.2, 0.25) is 5.88 Å². The molecule has 3 N–H and O–H groups in total. The highest BCUT2D eigenvalue weighted by molar-refractivity contribution is 7.16. The highest BCUT2D eigenvalue weighted by Gasteiger charge is 2.03. The lowest BCUT2D eigenvalue weighted by Gasteiger charge is -2.09. The Morgan fingerprint density at radius 3 is 2.89 bits per heavy atom. The Morgan fingerprint density at radius 1 is 1.39 bits per heavy atom. The summed E-state index contributed by atoms with van der Waals surface area (Å²) >= 11 is 7.45. The monoisotopic (exact) mass is 283 g/mol. The van der Waals surface area contributed by atoms with E-state index in [1.165, 1.54) is 4.88 Å². The normalized spacial score (nSPS) is 10.3. The Balaban J connectivity index is 1.93. The zero-order chi connectivity index (χ0) is 13.0. The number of nitrogens with zero attached hydrogens (tertiary/aromatic N) is 1. The fourth-order valence-corrected chi connectivity index (χ4v) is 2.58. The second-order valence-corrected chi connectivity index (χ2v) is 5.47. The number of thiophene rings is 1. The number of rotatable bonds is 5. The molecule has 2 aromatic heterocycles. The summed E-state index contributed by atoms with van der Waals surface area (Å²) in [7, 11) is 1.58. The quantitative estimate of drug-likeness (QED) is 0.885. The zero-order valence-corrected chi connectivity index (χ0v) is 11.5. The van der Waals surface area contributed by atoms with Gasteiger partial charge in [-0.15, -0.1) is 11.3 Å². The maximum Gasteiger partial charge on any atom is 0.215 e. The maximum absolute atomic E-state index is 5.87. The number of pyridine rings is 1. The minimum atomic E-state index is 0.547. The third-order valence-corrected chi connectivity index (χ3v) is 3.69. The number of anilines is 2. The van der Waals surface area contributed by atoms with Gasteiger partial charge >= 0.3 is 0 Å². The lowest BCUT2D eigenvalue weighted by molar-refractivity contribution is 0.398. The third-order valence-electron chi connectivity index (χ3n) is 2.40. The summed E-state index contributed by atoms with van der Waals surface area (Å²) in [5.41, 5.74) is 6.44. The Bertz CT molecular complexity index is 530. The van der Waals surface area contributed by atoms with E-state index in [1.807, 2.05) is 12.1 Å². The van der Waals surface area contributed by atoms with E-state index >= 15 is 0 Å². The molecule has 96 valence electrons. The van der Waals surface area contributed by atoms with Gasteiger partial charge in [-0.3, -0.25) is 0 Å². The van der Waals surface area contributed by atoms with Crippen molar-refractivity contribution in [1.82, 2.24) is 4.98 Å². The van der Waals surface area contributed by atoms with Crippen LogP contribution in [0.15, 0.2) is 24.3 Å². The van der Waals surface area contributed by atoms with E-state index in [9.17, 15) is 0 Å². The van der Waals surface area contributed by atoms with Crippen LogP contribution in [0.3, 0.4) is 0 Å². The first kappa shape index (κ1) is 13.0. The molecule has 2 aromatic rings. The van der Waals surface area contributed by atoms with Crippen LogP contribution in [0.1, 0.15) is 4.88 Å². The molecule has 0 spiro atoms. The number of hydrogen-bond acceptors (Lipinski definition) is 5. The predicted molar refractivity (Wildman–Crippen MR) is 76.7 cm³/mol. The van der Waals surface area contributed by atoms with Crippen LogP contribution in [-0.2, 0) is 6.42 Å². The summed E-state index contributed by atoms with van der Waals surface area (Å²) in [6, 6.07) is 7.44. The molecular weight excluding hydrogens is 270 g/mol. The van der Waals surface area contributed by atoms with Gasteiger partial charge in [-0.05, 0) is 24.6 Å². The van der Waals surface area contributed by atoms with Gasteiger partial charge in [0.25, 0.3) is 0 Å². The number of halogens is 1. The van der Waals surface area contributed by atoms with Gasteiger partial charge in [0, 0.05) is 17.5 Å². The van der Waals surface area contributed by atoms with Gasteiger partial charge < -0.3 is 15.8 Å². The van der Waals surface area contributed by atoms with Crippen LogP contribution in [0.4, 0.5) is 11.5 Å². The average molecular weight is 284 g/mol. The van der Waals surface area contributed by atoms with Gasteiger partial charge in [0.1, 0.15) is 0 Å². The van der Waals surface area contributed by atoms with Crippen molar-refractivity contribution < 1.29 is 4.74 Å². The first-order valence-corrected chi connectivity index (χ1v) is 6.67. The molecular formula is C12H14ClN3OS. The molecule has 0 aromatic carbocycles. The fourth-order valence-electron chi connectivity index (χ4n) is 1.50. The Kier molecular flexibility index (Phi) is 4.28. The highest BCUT2D eigenvalue weighted by atomic mass is 35.5. The summed E-state index contributed by atoms with van der Waals surface area (Å²) in [6.45, 7) is 0.751. The highest BCUT2D eigenvalue weighted by Crippen LogP contribution is 2.23. The van der Waals surface area contributed by atoms with E-state index in [0.29, 0.717) is 17.4 Å². The van der Waals surface area contributed by atoms with E-state index in [1.54, 1.807) is 30.6 Å². The van der Waals surface area contributed by atoms with Crippen molar-refractivity contribution in [3.05, 3.63) is 33.5 Å². The van der Waals surface area contributed by atoms with Gasteiger partial charge in [-0.1, -0.05) is 11.6 Å². The molecule has 4 nitrogen and oxygen atoms in total. The zero-order valence-electron chi connectivity index (χ0n) is 9.94. The van der Waals surface area contributed by atoms with Crippen molar-refractivity contribution in [3.8, 4) is 5.88 Å². The molecule has 0 saturated heterocycles. The van der Waals surface area contributed by atoms with Crippen molar-refractivity contribution in [2.75, 3.05) is 24.7 Å². The summed E-state index contributed by atoms with van der Waals surface area (Å²) in [4.78, 5) is 5.48. The molecule has 0 unspecified atom stereocenters. The number of nitrogens with two attached hydrogens (primary N) is 1. The number of hydrogen-bond donors (Lipinski definition) is 2. The SMILES string of the molecule is COc1ccc(N)c(NCCc2ccc(Cl)s2)n1. The second kappa shape index (κ2) is 5.93. The number of nitrogens with one attached hydrogen (secondary N) is 1. The topological polar surface area (TPSA) is 60.2 Å². The van der Waals surface area contributed by atoms with Crippen molar-refractivity contribution in [2.24, 2.45) is 0 Å². The van der Waals surface area contributed by atoms with Crippen LogP contribution in [0, 0.1) is 0 Å². The summed E-state index contributed by atoms with van der Waals surface area (Å²) < 4.78 is 5.87. The molecule has 0 saturated carbocycles. The van der Waals surface area contributed by atoms with Crippen molar-refractivity contribution in [3.63, 3.8) is 0 Å². The molecule has 2 rings (SSSR count). The molecule has 0 aliphatic carbocycles. The molecule has 0 amide bonds. The van der Waals surface area contributed by atoms with Gasteiger partial charge in [-0.2, -0.15) is 4.98 Å². The third kappa shape index (κ3) is 3.27. The lowest BCUT2D eigenvalue weighted by Crippen LogP contribution is -2.08. The Morgan fingerprint density at radius 2 is 2.22 bits per heavy atom. The lowest BCUT2D eigenvalue weighted by atomic mass is 10.3. The molecule has 18 heavy (non-hydrogen) atoms. The van der Waals surface area contributed by atoms with Crippen LogP contribution in [-0.4, -0.2) is 18.6 Å². The standard InChI is InChI=1S/C12H14ClN3OS/c1-17-11-5-3-9(14)12(16-11)15-7-6-8-2-4-10(13)18-8/h2-5H,6-7,14H2,1H3,(H,15,16). The summed E-state index contributed by atoms with van der Waals surface area (Å²) in [5, 5.41) is 3.19. The van der Waals surface area contributed by atoms with Crippen molar-refractivity contribution in [1.29, 1.82) is 0 Å². The van der Waals surface area contributed by atoms with E-state index in [4.69, 9.17) is 22.1 Å². The molecule has 6 heteroatoms. The van der Waals surface area contributed by atoms with Gasteiger partial charge in [-0.25, -0.2) is 0 Å². The van der Waals surface area contributed by atoms with E-state index in [0.717, 1.165) is 17.3 Å². The average Bonchev–Trinajstić information content (AvgIpc) is 2.77. The minimum absolute atomic E-state index is 0.547. The van der Waals surface area contributed by atoms with Crippen LogP contribution < -0.4 is 15.8 Å². The fraction of sp³-hybridized carbons (Fsp3) is 0.250. The number of nitrogen functional groups attached to an aromatic ring is 1. The first-order valence-electron chi connectivity index (χ1n) is 5.47. The van der Waals surface area contributed by atoms with Crippen LogP contribution in [0.2, 0.25) is 4.34 Å². The smallest absolute Gasteiger partial charge is 0.215 e. The van der Waals surface area contributed by atoms with Crippen LogP contribution in [0.25, 0.3) is 0 Å². The van der Waals surface area contributed by atoms with Crippen molar-refractivity contribution in [2.45, 2.75) is 6.42 Å². The molecule has 0 aliphatic rings. The van der Waals surface area contributed by atoms with E-state index in [-0.39, 0.29) is 0 Å². The predicted octanol–water partition coefficient (Wildman–Crippen LogP) is 3.04. The van der Waals surface area contributed by atoms with Gasteiger partial charge in [0.15, 0.2) is 5.82 Å². The maximum atomic E-state index is 5.87. The molecule has 0 fully saturated rings. The second-order valence-electron chi connectivity index (χ2n) is 3.67. The number of ether oxygens (including phenoxy) is 1. The largest absolute Gasteiger partial charge is 0.481 e. The van der Waals surface area contributed by atoms with E-state index in [2.05, 4.69) is 10.3 Å². The van der Waals surface area contributed by atoms with E-state index < -0.39 is 0 Å².